The lowest BCUT2D eigenvalue weighted by atomic mass is 10.1. The van der Waals surface area contributed by atoms with Crippen LogP contribution in [0.25, 0.3) is 0 Å². The van der Waals surface area contributed by atoms with Crippen LogP contribution >= 0.6 is 0 Å². The van der Waals surface area contributed by atoms with Crippen LogP contribution in [0.2, 0.25) is 0 Å². The van der Waals surface area contributed by atoms with Crippen molar-refractivity contribution in [3.63, 3.8) is 0 Å². The number of carbonyl (C=O) groups excluding carboxylic acids is 2. The lowest BCUT2D eigenvalue weighted by molar-refractivity contribution is -0.154. The van der Waals surface area contributed by atoms with Crippen molar-refractivity contribution in [2.75, 3.05) is 11.9 Å². The Labute approximate surface area is 159 Å². The fourth-order valence-corrected chi connectivity index (χ4v) is 2.30. The van der Waals surface area contributed by atoms with E-state index in [1.807, 2.05) is 0 Å². The predicted molar refractivity (Wildman–Crippen MR) is 95.0 cm³/mol. The maximum Gasteiger partial charge on any atom is 0.422 e. The van der Waals surface area contributed by atoms with Crippen molar-refractivity contribution in [2.24, 2.45) is 0 Å². The average molecular weight is 396 g/mol. The normalized spacial score (nSPS) is 11.1. The number of carbonyl (C=O) groups is 2. The minimum absolute atomic E-state index is 0.119. The molecule has 0 spiro atoms. The van der Waals surface area contributed by atoms with E-state index < -0.39 is 18.7 Å². The molecular formula is C18H19F3N4O3. The lowest BCUT2D eigenvalue weighted by Crippen LogP contribution is -2.24. The van der Waals surface area contributed by atoms with Gasteiger partial charge in [-0.3, -0.25) is 9.59 Å². The van der Waals surface area contributed by atoms with Crippen molar-refractivity contribution in [3.05, 3.63) is 46.8 Å². The first-order chi connectivity index (χ1) is 13.0. The Morgan fingerprint density at radius 1 is 1.18 bits per heavy atom. The molecule has 2 aromatic rings. The zero-order chi connectivity index (χ0) is 20.9. The number of amides is 2. The van der Waals surface area contributed by atoms with Crippen molar-refractivity contribution >= 4 is 17.6 Å². The van der Waals surface area contributed by atoms with E-state index in [-0.39, 0.29) is 24.1 Å². The Hall–Kier alpha value is -3.17. The van der Waals surface area contributed by atoms with Crippen LogP contribution in [0.4, 0.5) is 19.0 Å². The third-order valence-corrected chi connectivity index (χ3v) is 3.54. The molecular weight excluding hydrogens is 377 g/mol. The summed E-state index contributed by atoms with van der Waals surface area (Å²) in [6, 6.07) is 4.39. The minimum atomic E-state index is -4.44. The number of nitrogens with zero attached hydrogens (tertiary/aromatic N) is 2. The number of ether oxygens (including phenoxy) is 1. The molecule has 0 aromatic carbocycles. The maximum absolute atomic E-state index is 12.4. The summed E-state index contributed by atoms with van der Waals surface area (Å²) in [7, 11) is 0. The highest BCUT2D eigenvalue weighted by Crippen LogP contribution is 2.19. The molecule has 2 amide bonds. The van der Waals surface area contributed by atoms with Gasteiger partial charge in [0.1, 0.15) is 5.82 Å². The van der Waals surface area contributed by atoms with Crippen LogP contribution < -0.4 is 15.4 Å². The van der Waals surface area contributed by atoms with Gasteiger partial charge in [0.25, 0.3) is 5.91 Å². The van der Waals surface area contributed by atoms with Gasteiger partial charge in [-0.05, 0) is 37.1 Å². The third kappa shape index (κ3) is 6.53. The summed E-state index contributed by atoms with van der Waals surface area (Å²) in [4.78, 5) is 31.5. The van der Waals surface area contributed by atoms with Gasteiger partial charge in [-0.25, -0.2) is 9.97 Å². The summed E-state index contributed by atoms with van der Waals surface area (Å²) < 4.78 is 41.2. The summed E-state index contributed by atoms with van der Waals surface area (Å²) in [5.41, 5.74) is 2.12. The third-order valence-electron chi connectivity index (χ3n) is 3.54. The van der Waals surface area contributed by atoms with E-state index in [1.54, 1.807) is 19.9 Å². The molecule has 2 heterocycles. The molecule has 28 heavy (non-hydrogen) atoms. The number of pyridine rings is 2. The molecule has 0 aliphatic heterocycles. The van der Waals surface area contributed by atoms with Crippen LogP contribution in [-0.2, 0) is 11.3 Å². The maximum atomic E-state index is 12.4. The smallest absolute Gasteiger partial charge is 0.422 e. The lowest BCUT2D eigenvalue weighted by Gasteiger charge is -2.12. The molecule has 2 N–H and O–H groups in total. The molecule has 2 rings (SSSR count). The average Bonchev–Trinajstić information content (AvgIpc) is 2.57. The summed E-state index contributed by atoms with van der Waals surface area (Å²) in [6.45, 7) is 3.40. The van der Waals surface area contributed by atoms with Gasteiger partial charge in [-0.1, -0.05) is 0 Å². The topological polar surface area (TPSA) is 93.2 Å². The first-order valence-electron chi connectivity index (χ1n) is 8.23. The highest BCUT2D eigenvalue weighted by Gasteiger charge is 2.28. The van der Waals surface area contributed by atoms with Crippen molar-refractivity contribution in [1.29, 1.82) is 0 Å². The van der Waals surface area contributed by atoms with E-state index in [1.165, 1.54) is 25.3 Å². The van der Waals surface area contributed by atoms with Crippen LogP contribution in [-0.4, -0.2) is 34.6 Å². The first-order valence-corrected chi connectivity index (χ1v) is 8.23. The van der Waals surface area contributed by atoms with Gasteiger partial charge in [0.15, 0.2) is 6.61 Å². The van der Waals surface area contributed by atoms with Crippen molar-refractivity contribution in [2.45, 2.75) is 33.5 Å². The van der Waals surface area contributed by atoms with E-state index in [0.29, 0.717) is 22.4 Å². The number of aryl methyl sites for hydroxylation is 2. The quantitative estimate of drug-likeness (QED) is 0.783. The minimum Gasteiger partial charge on any atom is -0.468 e. The summed E-state index contributed by atoms with van der Waals surface area (Å²) in [5, 5.41) is 5.22. The number of anilines is 1. The van der Waals surface area contributed by atoms with Crippen molar-refractivity contribution < 1.29 is 27.5 Å². The molecule has 0 saturated heterocycles. The Morgan fingerprint density at radius 3 is 2.50 bits per heavy atom. The van der Waals surface area contributed by atoms with E-state index in [0.717, 1.165) is 0 Å². The summed E-state index contributed by atoms with van der Waals surface area (Å²) in [6.07, 6.45) is -3.09. The van der Waals surface area contributed by atoms with Crippen LogP contribution in [0.3, 0.4) is 0 Å². The standard InChI is InChI=1S/C18H19F3N4O3/c1-10-4-16(28-9-18(19,20)21)22-7-14(10)8-23-17(27)13-5-11(2)24-15(6-13)25-12(3)26/h4-7H,8-9H2,1-3H3,(H,23,27)(H,24,25,26). The van der Waals surface area contributed by atoms with Gasteiger partial charge in [0.05, 0.1) is 0 Å². The molecule has 0 unspecified atom stereocenters. The van der Waals surface area contributed by atoms with E-state index in [9.17, 15) is 22.8 Å². The molecule has 0 aliphatic carbocycles. The summed E-state index contributed by atoms with van der Waals surface area (Å²) in [5.74, 6) is -0.579. The SMILES string of the molecule is CC(=O)Nc1cc(C(=O)NCc2cnc(OCC(F)(F)F)cc2C)cc(C)n1. The number of hydrogen-bond acceptors (Lipinski definition) is 5. The van der Waals surface area contributed by atoms with E-state index in [2.05, 4.69) is 25.3 Å². The molecule has 0 atom stereocenters. The van der Waals surface area contributed by atoms with Gasteiger partial charge in [0.2, 0.25) is 11.8 Å². The van der Waals surface area contributed by atoms with Crippen LogP contribution in [0.5, 0.6) is 5.88 Å². The Morgan fingerprint density at radius 2 is 1.89 bits per heavy atom. The van der Waals surface area contributed by atoms with Gasteiger partial charge in [-0.2, -0.15) is 13.2 Å². The number of halogens is 3. The molecule has 0 aliphatic rings. The molecule has 7 nitrogen and oxygen atoms in total. The fourth-order valence-electron chi connectivity index (χ4n) is 2.30. The van der Waals surface area contributed by atoms with Crippen LogP contribution in [0.15, 0.2) is 24.4 Å². The largest absolute Gasteiger partial charge is 0.468 e. The molecule has 2 aromatic heterocycles. The van der Waals surface area contributed by atoms with Crippen LogP contribution in [0, 0.1) is 13.8 Å². The molecule has 10 heteroatoms. The summed E-state index contributed by atoms with van der Waals surface area (Å²) >= 11 is 0. The molecule has 0 fully saturated rings. The second kappa shape index (κ2) is 8.68. The second-order valence-corrected chi connectivity index (χ2v) is 6.10. The second-order valence-electron chi connectivity index (χ2n) is 6.10. The monoisotopic (exact) mass is 396 g/mol. The van der Waals surface area contributed by atoms with Gasteiger partial charge >= 0.3 is 6.18 Å². The predicted octanol–water partition coefficient (Wildman–Crippen LogP) is 2.92. The number of rotatable bonds is 6. The Kier molecular flexibility index (Phi) is 6.55. The highest BCUT2D eigenvalue weighted by molar-refractivity contribution is 5.96. The van der Waals surface area contributed by atoms with Gasteiger partial charge in [-0.15, -0.1) is 0 Å². The first kappa shape index (κ1) is 21.1. The van der Waals surface area contributed by atoms with Crippen molar-refractivity contribution in [3.8, 4) is 5.88 Å². The molecule has 0 bridgehead atoms. The molecule has 0 radical (unpaired) electrons. The van der Waals surface area contributed by atoms with Gasteiger partial charge < -0.3 is 15.4 Å². The number of nitrogens with one attached hydrogen (secondary N) is 2. The van der Waals surface area contributed by atoms with E-state index >= 15 is 0 Å². The zero-order valence-corrected chi connectivity index (χ0v) is 15.5. The van der Waals surface area contributed by atoms with E-state index in [4.69, 9.17) is 0 Å². The van der Waals surface area contributed by atoms with Gasteiger partial charge in [0, 0.05) is 37.0 Å². The fraction of sp³-hybridized carbons (Fsp3) is 0.333. The highest BCUT2D eigenvalue weighted by atomic mass is 19.4. The number of aromatic nitrogens is 2. The Bertz CT molecular complexity index is 885. The number of hydrogen-bond donors (Lipinski definition) is 2. The number of alkyl halides is 3. The van der Waals surface area contributed by atoms with Crippen LogP contribution in [0.1, 0.15) is 34.1 Å². The molecule has 0 saturated carbocycles. The Balaban J connectivity index is 2.02. The molecule has 150 valence electrons. The zero-order valence-electron chi connectivity index (χ0n) is 15.5. The van der Waals surface area contributed by atoms with Crippen molar-refractivity contribution in [1.82, 2.24) is 15.3 Å².